The highest BCUT2D eigenvalue weighted by atomic mass is 31.2. The molecular weight excluding hydrogens is 625 g/mol. The number of aryl methyl sites for hydroxylation is 1. The zero-order chi connectivity index (χ0) is 33.8. The number of rotatable bonds is 14. The van der Waals surface area contributed by atoms with E-state index in [-0.39, 0.29) is 54.2 Å². The first-order chi connectivity index (χ1) is 21.6. The molecule has 1 aromatic carbocycles. The molecule has 0 aliphatic carbocycles. The highest BCUT2D eigenvalue weighted by Gasteiger charge is 2.54. The van der Waals surface area contributed by atoms with Gasteiger partial charge in [0, 0.05) is 6.42 Å². The number of aliphatic hydroxyl groups excluding tert-OH is 1. The molecule has 3 aromatic rings. The molecular formula is C28H40N7O10P. The Balaban J connectivity index is 1.57. The summed E-state index contributed by atoms with van der Waals surface area (Å²) < 4.78 is 43.4. The second kappa shape index (κ2) is 14.3. The van der Waals surface area contributed by atoms with Crippen LogP contribution in [0.3, 0.4) is 0 Å². The molecule has 0 spiro atoms. The first-order valence-corrected chi connectivity index (χ1v) is 16.2. The van der Waals surface area contributed by atoms with E-state index in [4.69, 9.17) is 34.7 Å². The number of nitrogen functional groups attached to an aromatic ring is 2. The van der Waals surface area contributed by atoms with Gasteiger partial charge in [-0.15, -0.1) is 0 Å². The minimum absolute atomic E-state index is 0.0105. The van der Waals surface area contributed by atoms with E-state index < -0.39 is 56.4 Å². The van der Waals surface area contributed by atoms with Gasteiger partial charge in [-0.2, -0.15) is 15.1 Å². The lowest BCUT2D eigenvalue weighted by Crippen LogP contribution is -2.44. The summed E-state index contributed by atoms with van der Waals surface area (Å²) in [5.74, 6) is -1.15. The van der Waals surface area contributed by atoms with Crippen molar-refractivity contribution in [3.8, 4) is 5.75 Å². The zero-order valence-electron chi connectivity index (χ0n) is 26.2. The van der Waals surface area contributed by atoms with Gasteiger partial charge >= 0.3 is 19.7 Å². The summed E-state index contributed by atoms with van der Waals surface area (Å²) in [6.45, 7) is 7.36. The fourth-order valence-corrected chi connectivity index (χ4v) is 6.35. The Labute approximate surface area is 265 Å². The van der Waals surface area contributed by atoms with Gasteiger partial charge in [0.25, 0.3) is 0 Å². The lowest BCUT2D eigenvalue weighted by Gasteiger charge is -2.27. The largest absolute Gasteiger partial charge is 0.465 e. The Morgan fingerprint density at radius 3 is 2.63 bits per heavy atom. The number of ether oxygens (including phenoxy) is 3. The van der Waals surface area contributed by atoms with Crippen LogP contribution in [-0.4, -0.2) is 84.8 Å². The number of fused-ring (bicyclic) bond motifs is 1. The number of imidazole rings is 1. The molecule has 18 heteroatoms. The molecule has 0 amide bonds. The van der Waals surface area contributed by atoms with Gasteiger partial charge in [0.15, 0.2) is 17.7 Å². The third-order valence-electron chi connectivity index (χ3n) is 7.03. The Bertz CT molecular complexity index is 1600. The standard InChI is InChI=1S/C28H40N7O10P/c1-6-41-25(38)16(4)34-46(40,45-18-10-8-7-9-17(18)11-12-20(36)43-15(2)3)42-13-19-22(37)28(5,39)26(44-19)35-14-31-21-23(29)32-27(30)33-24(21)35/h7-10,14-16,19,22,26,37,39H,6,11-13H2,1-5H3,(H,34,40)(H4,29,30,32,33)/t16-,19+,22+,26+,28+,46-/m0/s1. The average molecular weight is 666 g/mol. The summed E-state index contributed by atoms with van der Waals surface area (Å²) in [5, 5.41) is 24.9. The number of esters is 2. The summed E-state index contributed by atoms with van der Waals surface area (Å²) in [7, 11) is -4.44. The van der Waals surface area contributed by atoms with Crippen molar-refractivity contribution in [3.63, 3.8) is 0 Å². The maximum Gasteiger partial charge on any atom is 0.459 e. The number of hydrogen-bond donors (Lipinski definition) is 5. The van der Waals surface area contributed by atoms with Crippen molar-refractivity contribution in [2.45, 2.75) is 83.6 Å². The topological polar surface area (TPSA) is 245 Å². The highest BCUT2D eigenvalue weighted by molar-refractivity contribution is 7.52. The second-order valence-electron chi connectivity index (χ2n) is 11.1. The molecule has 4 rings (SSSR count). The average Bonchev–Trinajstić information content (AvgIpc) is 3.48. The predicted octanol–water partition coefficient (Wildman–Crippen LogP) is 1.63. The van der Waals surface area contributed by atoms with Gasteiger partial charge < -0.3 is 40.4 Å². The van der Waals surface area contributed by atoms with Crippen LogP contribution < -0.4 is 21.1 Å². The van der Waals surface area contributed by atoms with Crippen molar-refractivity contribution in [2.75, 3.05) is 24.7 Å². The molecule has 1 saturated heterocycles. The zero-order valence-corrected chi connectivity index (χ0v) is 27.0. The maximum atomic E-state index is 14.2. The number of hydrogen-bond acceptors (Lipinski definition) is 15. The summed E-state index contributed by atoms with van der Waals surface area (Å²) in [6.07, 6.45) is -2.84. The van der Waals surface area contributed by atoms with Crippen molar-refractivity contribution >= 4 is 42.6 Å². The molecule has 0 unspecified atom stereocenters. The molecule has 1 aliphatic heterocycles. The number of aliphatic hydroxyl groups is 2. The molecule has 0 saturated carbocycles. The molecule has 252 valence electrons. The van der Waals surface area contributed by atoms with E-state index in [2.05, 4.69) is 20.0 Å². The summed E-state index contributed by atoms with van der Waals surface area (Å²) in [6, 6.07) is 5.42. The summed E-state index contributed by atoms with van der Waals surface area (Å²) >= 11 is 0. The van der Waals surface area contributed by atoms with Crippen LogP contribution in [0.25, 0.3) is 11.2 Å². The highest BCUT2D eigenvalue weighted by Crippen LogP contribution is 2.48. The van der Waals surface area contributed by atoms with Crippen LogP contribution in [0.4, 0.5) is 11.8 Å². The Morgan fingerprint density at radius 1 is 1.22 bits per heavy atom. The van der Waals surface area contributed by atoms with Crippen LogP contribution >= 0.6 is 7.75 Å². The van der Waals surface area contributed by atoms with E-state index in [1.807, 2.05) is 0 Å². The monoisotopic (exact) mass is 665 g/mol. The van der Waals surface area contributed by atoms with Crippen LogP contribution in [0, 0.1) is 0 Å². The van der Waals surface area contributed by atoms with E-state index in [9.17, 15) is 24.4 Å². The molecule has 1 fully saturated rings. The third kappa shape index (κ3) is 7.92. The fourth-order valence-electron chi connectivity index (χ4n) is 4.81. The van der Waals surface area contributed by atoms with E-state index in [0.29, 0.717) is 5.56 Å². The van der Waals surface area contributed by atoms with Crippen molar-refractivity contribution in [1.29, 1.82) is 0 Å². The molecule has 0 bridgehead atoms. The number of carbonyl (C=O) groups is 2. The SMILES string of the molecule is CCOC(=O)[C@H](C)N[P@](=O)(OC[C@H]1O[C@@H](n2cnc3c(N)nc(N)nc32)[C@](C)(O)[C@@H]1O)Oc1ccccc1CCC(=O)OC(C)C. The lowest BCUT2D eigenvalue weighted by atomic mass is 9.96. The Kier molecular flexibility index (Phi) is 10.9. The first-order valence-electron chi connectivity index (χ1n) is 14.6. The van der Waals surface area contributed by atoms with Crippen molar-refractivity contribution in [2.24, 2.45) is 0 Å². The van der Waals surface area contributed by atoms with Gasteiger partial charge in [0.1, 0.15) is 35.1 Å². The normalized spacial score (nSPS) is 23.3. The number of para-hydroxylation sites is 1. The Hall–Kier alpha value is -3.86. The lowest BCUT2D eigenvalue weighted by molar-refractivity contribution is -0.147. The molecule has 0 radical (unpaired) electrons. The minimum atomic E-state index is -4.44. The van der Waals surface area contributed by atoms with E-state index in [0.717, 1.165) is 0 Å². The number of benzene rings is 1. The predicted molar refractivity (Wildman–Crippen MR) is 164 cm³/mol. The van der Waals surface area contributed by atoms with Crippen LogP contribution in [-0.2, 0) is 39.3 Å². The number of nitrogens with two attached hydrogens (primary N) is 2. The van der Waals surface area contributed by atoms with E-state index >= 15 is 0 Å². The van der Waals surface area contributed by atoms with Crippen LogP contribution in [0.15, 0.2) is 30.6 Å². The number of carbonyl (C=O) groups excluding carboxylic acids is 2. The number of nitrogens with zero attached hydrogens (tertiary/aromatic N) is 4. The van der Waals surface area contributed by atoms with E-state index in [1.165, 1.54) is 30.8 Å². The second-order valence-corrected chi connectivity index (χ2v) is 12.8. The smallest absolute Gasteiger partial charge is 0.459 e. The first kappa shape index (κ1) is 35.0. The van der Waals surface area contributed by atoms with Gasteiger partial charge in [-0.25, -0.2) is 9.55 Å². The fraction of sp³-hybridized carbons (Fsp3) is 0.536. The quantitative estimate of drug-likeness (QED) is 0.121. The molecule has 1 aliphatic rings. The van der Waals surface area contributed by atoms with Gasteiger partial charge in [0.05, 0.1) is 25.6 Å². The summed E-state index contributed by atoms with van der Waals surface area (Å²) in [4.78, 5) is 36.8. The maximum absolute atomic E-state index is 14.2. The molecule has 46 heavy (non-hydrogen) atoms. The van der Waals surface area contributed by atoms with Crippen LogP contribution in [0.2, 0.25) is 0 Å². The van der Waals surface area contributed by atoms with E-state index in [1.54, 1.807) is 39.0 Å². The molecule has 2 aromatic heterocycles. The summed E-state index contributed by atoms with van der Waals surface area (Å²) in [5.41, 5.74) is 10.6. The number of anilines is 2. The molecule has 7 N–H and O–H groups in total. The van der Waals surface area contributed by atoms with Gasteiger partial charge in [-0.1, -0.05) is 18.2 Å². The van der Waals surface area contributed by atoms with Gasteiger partial charge in [-0.05, 0) is 52.7 Å². The minimum Gasteiger partial charge on any atom is -0.465 e. The van der Waals surface area contributed by atoms with Crippen LogP contribution in [0.5, 0.6) is 5.75 Å². The van der Waals surface area contributed by atoms with Crippen molar-refractivity contribution < 1.29 is 47.6 Å². The molecule has 17 nitrogen and oxygen atoms in total. The number of nitrogens with one attached hydrogen (secondary N) is 1. The Morgan fingerprint density at radius 2 is 1.93 bits per heavy atom. The van der Waals surface area contributed by atoms with Gasteiger partial charge in [0.2, 0.25) is 5.95 Å². The van der Waals surface area contributed by atoms with Crippen LogP contribution in [0.1, 0.15) is 52.8 Å². The van der Waals surface area contributed by atoms with Crippen molar-refractivity contribution in [3.05, 3.63) is 36.2 Å². The number of aromatic nitrogens is 4. The third-order valence-corrected chi connectivity index (χ3v) is 8.66. The van der Waals surface area contributed by atoms with Crippen molar-refractivity contribution in [1.82, 2.24) is 24.6 Å². The van der Waals surface area contributed by atoms with Gasteiger partial charge in [-0.3, -0.25) is 18.7 Å². The molecule has 6 atom stereocenters. The molecule has 3 heterocycles.